The zero-order chi connectivity index (χ0) is 18.6. The third kappa shape index (κ3) is 4.34. The average molecular weight is 364 g/mol. The molecule has 0 saturated carbocycles. The van der Waals surface area contributed by atoms with Crippen molar-refractivity contribution in [3.8, 4) is 5.75 Å². The third-order valence-electron chi connectivity index (χ3n) is 3.88. The Morgan fingerprint density at radius 3 is 2.32 bits per heavy atom. The summed E-state index contributed by atoms with van der Waals surface area (Å²) >= 11 is 0. The van der Waals surface area contributed by atoms with Gasteiger partial charge in [-0.2, -0.15) is 0 Å². The van der Waals surface area contributed by atoms with E-state index >= 15 is 0 Å². The molecule has 8 heteroatoms. The molecular weight excluding hydrogens is 344 g/mol. The summed E-state index contributed by atoms with van der Waals surface area (Å²) in [6.07, 6.45) is 0.554. The van der Waals surface area contributed by atoms with Crippen LogP contribution >= 0.6 is 0 Å². The maximum Gasteiger partial charge on any atom is 0.269 e. The van der Waals surface area contributed by atoms with E-state index in [4.69, 9.17) is 4.74 Å². The van der Waals surface area contributed by atoms with Crippen molar-refractivity contribution in [1.29, 1.82) is 0 Å². The van der Waals surface area contributed by atoms with Crippen molar-refractivity contribution in [2.75, 3.05) is 7.11 Å². The number of sulfonamides is 1. The topological polar surface area (TPSA) is 98.5 Å². The summed E-state index contributed by atoms with van der Waals surface area (Å²) in [5, 5.41) is 10.7. The fourth-order valence-corrected chi connectivity index (χ4v) is 3.82. The summed E-state index contributed by atoms with van der Waals surface area (Å²) in [7, 11) is -2.21. The van der Waals surface area contributed by atoms with Crippen molar-refractivity contribution in [1.82, 2.24) is 4.72 Å². The van der Waals surface area contributed by atoms with E-state index in [9.17, 15) is 18.5 Å². The number of methoxy groups -OCH3 is 1. The van der Waals surface area contributed by atoms with Crippen molar-refractivity contribution in [2.24, 2.45) is 0 Å². The highest BCUT2D eigenvalue weighted by Crippen LogP contribution is 2.26. The Kier molecular flexibility index (Phi) is 5.76. The van der Waals surface area contributed by atoms with Gasteiger partial charge in [-0.05, 0) is 42.7 Å². The van der Waals surface area contributed by atoms with Gasteiger partial charge in [0, 0.05) is 18.2 Å². The smallest absolute Gasteiger partial charge is 0.269 e. The van der Waals surface area contributed by atoms with Crippen LogP contribution in [0.1, 0.15) is 30.5 Å². The summed E-state index contributed by atoms with van der Waals surface area (Å²) in [5.74, 6) is 0.733. The van der Waals surface area contributed by atoms with Gasteiger partial charge in [-0.25, -0.2) is 13.1 Å². The number of nitro groups is 1. The standard InChI is InChI=1S/C17H20N2O5S/c1-4-16(13-5-10-17(24-3)12(2)11-13)18-25(22,23)15-8-6-14(7-9-15)19(20)21/h5-11,16,18H,4H2,1-3H3/t16-/m0/s1. The lowest BCUT2D eigenvalue weighted by Gasteiger charge is -2.19. The maximum absolute atomic E-state index is 12.6. The van der Waals surface area contributed by atoms with Crippen LogP contribution in [-0.4, -0.2) is 20.5 Å². The van der Waals surface area contributed by atoms with E-state index in [1.807, 2.05) is 26.0 Å². The number of rotatable bonds is 7. The molecule has 1 atom stereocenters. The second-order valence-corrected chi connectivity index (χ2v) is 7.28. The molecule has 1 N–H and O–H groups in total. The summed E-state index contributed by atoms with van der Waals surface area (Å²) in [6.45, 7) is 3.77. The Balaban J connectivity index is 2.27. The lowest BCUT2D eigenvalue weighted by atomic mass is 10.0. The van der Waals surface area contributed by atoms with Crippen molar-refractivity contribution >= 4 is 15.7 Å². The molecule has 0 heterocycles. The summed E-state index contributed by atoms with van der Waals surface area (Å²) in [4.78, 5) is 10.1. The number of aryl methyl sites for hydroxylation is 1. The Hall–Kier alpha value is -2.45. The predicted octanol–water partition coefficient (Wildman–Crippen LogP) is 3.34. The molecule has 0 unspecified atom stereocenters. The third-order valence-corrected chi connectivity index (χ3v) is 5.37. The molecule has 0 amide bonds. The number of nitrogens with zero attached hydrogens (tertiary/aromatic N) is 1. The molecular formula is C17H20N2O5S. The fourth-order valence-electron chi connectivity index (χ4n) is 2.51. The average Bonchev–Trinajstić information content (AvgIpc) is 2.59. The lowest BCUT2D eigenvalue weighted by molar-refractivity contribution is -0.384. The molecule has 2 rings (SSSR count). The monoisotopic (exact) mass is 364 g/mol. The Morgan fingerprint density at radius 2 is 1.84 bits per heavy atom. The first-order chi connectivity index (χ1) is 11.8. The summed E-state index contributed by atoms with van der Waals surface area (Å²) in [6, 6.07) is 9.89. The zero-order valence-electron chi connectivity index (χ0n) is 14.2. The molecule has 25 heavy (non-hydrogen) atoms. The molecule has 0 spiro atoms. The van der Waals surface area contributed by atoms with E-state index in [1.165, 1.54) is 24.3 Å². The van der Waals surface area contributed by atoms with Crippen molar-refractivity contribution < 1.29 is 18.1 Å². The minimum absolute atomic E-state index is 0.0122. The normalized spacial score (nSPS) is 12.6. The van der Waals surface area contributed by atoms with Gasteiger partial charge in [0.1, 0.15) is 5.75 Å². The van der Waals surface area contributed by atoms with E-state index in [2.05, 4.69) is 4.72 Å². The first kappa shape index (κ1) is 18.9. The van der Waals surface area contributed by atoms with Crippen LogP contribution in [0.4, 0.5) is 5.69 Å². The van der Waals surface area contributed by atoms with E-state index in [0.717, 1.165) is 16.9 Å². The first-order valence-electron chi connectivity index (χ1n) is 7.69. The van der Waals surface area contributed by atoms with Crippen LogP contribution in [0.2, 0.25) is 0 Å². The Morgan fingerprint density at radius 1 is 1.20 bits per heavy atom. The van der Waals surface area contributed by atoms with Crippen LogP contribution in [0.5, 0.6) is 5.75 Å². The molecule has 0 aromatic heterocycles. The number of nitrogens with one attached hydrogen (secondary N) is 1. The van der Waals surface area contributed by atoms with Gasteiger partial charge in [0.15, 0.2) is 0 Å². The van der Waals surface area contributed by atoms with Gasteiger partial charge in [-0.1, -0.05) is 19.1 Å². The molecule has 7 nitrogen and oxygen atoms in total. The van der Waals surface area contributed by atoms with E-state index < -0.39 is 21.0 Å². The first-order valence-corrected chi connectivity index (χ1v) is 9.18. The summed E-state index contributed by atoms with van der Waals surface area (Å²) in [5.41, 5.74) is 1.58. The number of nitro benzene ring substituents is 1. The van der Waals surface area contributed by atoms with Gasteiger partial charge in [0.05, 0.1) is 16.9 Å². The van der Waals surface area contributed by atoms with Gasteiger partial charge < -0.3 is 4.74 Å². The number of non-ortho nitro benzene ring substituents is 1. The molecule has 0 aliphatic heterocycles. The quantitative estimate of drug-likeness (QED) is 0.600. The predicted molar refractivity (Wildman–Crippen MR) is 94.2 cm³/mol. The molecule has 0 aliphatic carbocycles. The molecule has 0 fully saturated rings. The SMILES string of the molecule is CC[C@H](NS(=O)(=O)c1ccc([N+](=O)[O-])cc1)c1ccc(OC)c(C)c1. The van der Waals surface area contributed by atoms with Crippen LogP contribution in [0.25, 0.3) is 0 Å². The van der Waals surface area contributed by atoms with Gasteiger partial charge >= 0.3 is 0 Å². The molecule has 0 aliphatic rings. The van der Waals surface area contributed by atoms with Crippen molar-refractivity contribution in [3.63, 3.8) is 0 Å². The van der Waals surface area contributed by atoms with Gasteiger partial charge in [0.25, 0.3) is 5.69 Å². The Bertz CT molecular complexity index is 863. The molecule has 0 bridgehead atoms. The lowest BCUT2D eigenvalue weighted by Crippen LogP contribution is -2.28. The largest absolute Gasteiger partial charge is 0.496 e. The number of hydrogen-bond acceptors (Lipinski definition) is 5. The van der Waals surface area contributed by atoms with Crippen LogP contribution in [0.3, 0.4) is 0 Å². The minimum Gasteiger partial charge on any atom is -0.496 e. The van der Waals surface area contributed by atoms with Gasteiger partial charge in [-0.15, -0.1) is 0 Å². The van der Waals surface area contributed by atoms with Crippen LogP contribution < -0.4 is 9.46 Å². The fraction of sp³-hybridized carbons (Fsp3) is 0.294. The Labute approximate surface area is 146 Å². The molecule has 0 radical (unpaired) electrons. The summed E-state index contributed by atoms with van der Waals surface area (Å²) < 4.78 is 33.0. The zero-order valence-corrected chi connectivity index (χ0v) is 15.0. The second-order valence-electron chi connectivity index (χ2n) is 5.56. The van der Waals surface area contributed by atoms with Crippen LogP contribution in [0, 0.1) is 17.0 Å². The van der Waals surface area contributed by atoms with Crippen molar-refractivity contribution in [2.45, 2.75) is 31.2 Å². The highest BCUT2D eigenvalue weighted by molar-refractivity contribution is 7.89. The van der Waals surface area contributed by atoms with Gasteiger partial charge in [0.2, 0.25) is 10.0 Å². The number of benzene rings is 2. The molecule has 2 aromatic carbocycles. The highest BCUT2D eigenvalue weighted by Gasteiger charge is 2.21. The van der Waals surface area contributed by atoms with Crippen molar-refractivity contribution in [3.05, 3.63) is 63.7 Å². The second kappa shape index (κ2) is 7.62. The number of hydrogen-bond donors (Lipinski definition) is 1. The maximum atomic E-state index is 12.6. The van der Waals surface area contributed by atoms with Crippen LogP contribution in [-0.2, 0) is 10.0 Å². The van der Waals surface area contributed by atoms with E-state index in [0.29, 0.717) is 6.42 Å². The number of ether oxygens (including phenoxy) is 1. The highest BCUT2D eigenvalue weighted by atomic mass is 32.2. The van der Waals surface area contributed by atoms with Crippen LogP contribution in [0.15, 0.2) is 47.4 Å². The molecule has 0 saturated heterocycles. The van der Waals surface area contributed by atoms with E-state index in [1.54, 1.807) is 13.2 Å². The van der Waals surface area contributed by atoms with E-state index in [-0.39, 0.29) is 10.6 Å². The minimum atomic E-state index is -3.79. The van der Waals surface area contributed by atoms with Gasteiger partial charge in [-0.3, -0.25) is 10.1 Å². The molecule has 134 valence electrons. The molecule has 2 aromatic rings.